The summed E-state index contributed by atoms with van der Waals surface area (Å²) in [6, 6.07) is 7.16. The van der Waals surface area contributed by atoms with Gasteiger partial charge in [0.05, 0.1) is 35.1 Å². The molecule has 1 aromatic carbocycles. The first kappa shape index (κ1) is 16.5. The maximum Gasteiger partial charge on any atom is 0.305 e. The van der Waals surface area contributed by atoms with Gasteiger partial charge in [-0.15, -0.1) is 0 Å². The second kappa shape index (κ2) is 6.28. The summed E-state index contributed by atoms with van der Waals surface area (Å²) in [4.78, 5) is 23.6. The van der Waals surface area contributed by atoms with Crippen LogP contribution in [0, 0.1) is 6.92 Å². The van der Waals surface area contributed by atoms with Crippen LogP contribution in [0.4, 0.5) is 0 Å². The lowest BCUT2D eigenvalue weighted by Gasteiger charge is -2.41. The molecule has 0 radical (unpaired) electrons. The van der Waals surface area contributed by atoms with Crippen LogP contribution in [-0.2, 0) is 4.79 Å². The summed E-state index contributed by atoms with van der Waals surface area (Å²) >= 11 is 5.89. The molecule has 1 aromatic heterocycles. The molecule has 1 aliphatic carbocycles. The largest absolute Gasteiger partial charge is 0.481 e. The lowest BCUT2D eigenvalue weighted by Crippen LogP contribution is -2.54. The van der Waals surface area contributed by atoms with Crippen LogP contribution in [0.1, 0.15) is 41.7 Å². The number of amides is 1. The van der Waals surface area contributed by atoms with E-state index in [0.717, 1.165) is 12.1 Å². The number of hydrogen-bond acceptors (Lipinski definition) is 3. The van der Waals surface area contributed by atoms with E-state index in [2.05, 4.69) is 10.4 Å². The van der Waals surface area contributed by atoms with Crippen molar-refractivity contribution in [3.05, 3.63) is 46.7 Å². The molecule has 2 aromatic rings. The van der Waals surface area contributed by atoms with Crippen molar-refractivity contribution in [2.24, 2.45) is 0 Å². The number of carboxylic acids is 1. The molecule has 1 heterocycles. The van der Waals surface area contributed by atoms with Gasteiger partial charge in [0, 0.05) is 5.02 Å². The number of hydrogen-bond donors (Lipinski definition) is 2. The number of aromatic nitrogens is 2. The summed E-state index contributed by atoms with van der Waals surface area (Å²) in [5.74, 6) is -1.18. The van der Waals surface area contributed by atoms with E-state index in [0.29, 0.717) is 29.1 Å². The minimum atomic E-state index is -0.899. The van der Waals surface area contributed by atoms with Gasteiger partial charge in [-0.05, 0) is 50.5 Å². The van der Waals surface area contributed by atoms with Gasteiger partial charge in [-0.1, -0.05) is 11.6 Å². The molecule has 0 spiro atoms. The number of rotatable bonds is 5. The zero-order chi connectivity index (χ0) is 17.3. The molecular formula is C17H18ClN3O3. The minimum absolute atomic E-state index is 0.0525. The third-order valence-corrected chi connectivity index (χ3v) is 4.76. The first-order chi connectivity index (χ1) is 11.4. The quantitative estimate of drug-likeness (QED) is 0.870. The first-order valence-electron chi connectivity index (χ1n) is 7.75. The third kappa shape index (κ3) is 3.14. The predicted octanol–water partition coefficient (Wildman–Crippen LogP) is 2.96. The molecule has 0 atom stereocenters. The van der Waals surface area contributed by atoms with E-state index in [9.17, 15) is 9.59 Å². The minimum Gasteiger partial charge on any atom is -0.481 e. The second-order valence-electron chi connectivity index (χ2n) is 6.19. The molecule has 1 amide bonds. The number of halogens is 1. The van der Waals surface area contributed by atoms with Crippen molar-refractivity contribution in [2.75, 3.05) is 0 Å². The smallest absolute Gasteiger partial charge is 0.305 e. The molecule has 1 aliphatic rings. The Kier molecular flexibility index (Phi) is 4.32. The standard InChI is InChI=1S/C17H18ClN3O3/c1-11-14(10-19-21(11)13-5-3-12(18)4-6-13)16(24)20-17(7-2-8-17)9-15(22)23/h3-6,10H,2,7-9H2,1H3,(H,20,24)(H,22,23). The van der Waals surface area contributed by atoms with Gasteiger partial charge < -0.3 is 10.4 Å². The highest BCUT2D eigenvalue weighted by Crippen LogP contribution is 2.35. The normalized spacial score (nSPS) is 15.6. The van der Waals surface area contributed by atoms with Crippen LogP contribution in [0.15, 0.2) is 30.5 Å². The van der Waals surface area contributed by atoms with Gasteiger partial charge in [-0.2, -0.15) is 5.10 Å². The van der Waals surface area contributed by atoms with Crippen LogP contribution in [0.2, 0.25) is 5.02 Å². The second-order valence-corrected chi connectivity index (χ2v) is 6.63. The molecule has 1 saturated carbocycles. The molecular weight excluding hydrogens is 330 g/mol. The fraction of sp³-hybridized carbons (Fsp3) is 0.353. The summed E-state index contributed by atoms with van der Waals surface area (Å²) in [6.45, 7) is 1.81. The van der Waals surface area contributed by atoms with Gasteiger partial charge in [0.25, 0.3) is 5.91 Å². The van der Waals surface area contributed by atoms with E-state index in [1.807, 2.05) is 12.1 Å². The van der Waals surface area contributed by atoms with Gasteiger partial charge in [0.15, 0.2) is 0 Å². The van der Waals surface area contributed by atoms with Crippen LogP contribution in [0.25, 0.3) is 5.69 Å². The Hall–Kier alpha value is -2.34. The summed E-state index contributed by atoms with van der Waals surface area (Å²) in [5.41, 5.74) is 1.32. The number of carboxylic acid groups (broad SMARTS) is 1. The number of nitrogens with one attached hydrogen (secondary N) is 1. The summed E-state index contributed by atoms with van der Waals surface area (Å²) < 4.78 is 1.66. The number of nitrogens with zero attached hydrogens (tertiary/aromatic N) is 2. The van der Waals surface area contributed by atoms with Crippen molar-refractivity contribution < 1.29 is 14.7 Å². The van der Waals surface area contributed by atoms with Crippen LogP contribution in [-0.4, -0.2) is 32.3 Å². The average molecular weight is 348 g/mol. The fourth-order valence-corrected chi connectivity index (χ4v) is 3.15. The number of carbonyl (C=O) groups is 2. The zero-order valence-electron chi connectivity index (χ0n) is 13.3. The number of carbonyl (C=O) groups excluding carboxylic acids is 1. The molecule has 0 saturated heterocycles. The predicted molar refractivity (Wildman–Crippen MR) is 89.6 cm³/mol. The molecule has 1 fully saturated rings. The monoisotopic (exact) mass is 347 g/mol. The van der Waals surface area contributed by atoms with Crippen LogP contribution in [0.3, 0.4) is 0 Å². The molecule has 3 rings (SSSR count). The lowest BCUT2D eigenvalue weighted by atomic mass is 9.74. The van der Waals surface area contributed by atoms with E-state index in [1.165, 1.54) is 6.20 Å². The van der Waals surface area contributed by atoms with Crippen LogP contribution < -0.4 is 5.32 Å². The van der Waals surface area contributed by atoms with E-state index in [4.69, 9.17) is 16.7 Å². The zero-order valence-corrected chi connectivity index (χ0v) is 14.0. The summed E-state index contributed by atoms with van der Waals surface area (Å²) in [5, 5.41) is 16.8. The van der Waals surface area contributed by atoms with Crippen LogP contribution in [0.5, 0.6) is 0 Å². The highest BCUT2D eigenvalue weighted by atomic mass is 35.5. The maximum absolute atomic E-state index is 12.6. The Morgan fingerprint density at radius 2 is 2.00 bits per heavy atom. The highest BCUT2D eigenvalue weighted by Gasteiger charge is 2.40. The molecule has 0 unspecified atom stereocenters. The van der Waals surface area contributed by atoms with Crippen molar-refractivity contribution in [2.45, 2.75) is 38.1 Å². The molecule has 6 nitrogen and oxygen atoms in total. The Morgan fingerprint density at radius 1 is 1.33 bits per heavy atom. The summed E-state index contributed by atoms with van der Waals surface area (Å²) in [7, 11) is 0. The van der Waals surface area contributed by atoms with Gasteiger partial charge >= 0.3 is 5.97 Å². The van der Waals surface area contributed by atoms with Gasteiger partial charge in [-0.25, -0.2) is 4.68 Å². The first-order valence-corrected chi connectivity index (χ1v) is 8.13. The van der Waals surface area contributed by atoms with Gasteiger partial charge in [-0.3, -0.25) is 9.59 Å². The van der Waals surface area contributed by atoms with Gasteiger partial charge in [0.1, 0.15) is 0 Å². The Balaban J connectivity index is 1.81. The highest BCUT2D eigenvalue weighted by molar-refractivity contribution is 6.30. The number of benzene rings is 1. The van der Waals surface area contributed by atoms with Crippen molar-refractivity contribution >= 4 is 23.5 Å². The Morgan fingerprint density at radius 3 is 2.54 bits per heavy atom. The number of aliphatic carboxylic acids is 1. The van der Waals surface area contributed by atoms with Gasteiger partial charge in [0.2, 0.25) is 0 Å². The van der Waals surface area contributed by atoms with Crippen molar-refractivity contribution in [3.63, 3.8) is 0 Å². The lowest BCUT2D eigenvalue weighted by molar-refractivity contribution is -0.139. The average Bonchev–Trinajstić information content (AvgIpc) is 2.87. The van der Waals surface area contributed by atoms with E-state index in [1.54, 1.807) is 23.7 Å². The Labute approximate surface area is 144 Å². The SMILES string of the molecule is Cc1c(C(=O)NC2(CC(=O)O)CCC2)cnn1-c1ccc(Cl)cc1. The maximum atomic E-state index is 12.6. The Bertz CT molecular complexity index is 779. The third-order valence-electron chi connectivity index (χ3n) is 4.50. The topological polar surface area (TPSA) is 84.2 Å². The van der Waals surface area contributed by atoms with Crippen molar-refractivity contribution in [3.8, 4) is 5.69 Å². The van der Waals surface area contributed by atoms with Crippen molar-refractivity contribution in [1.29, 1.82) is 0 Å². The molecule has 2 N–H and O–H groups in total. The van der Waals surface area contributed by atoms with E-state index < -0.39 is 11.5 Å². The summed E-state index contributed by atoms with van der Waals surface area (Å²) in [6.07, 6.45) is 3.76. The molecule has 126 valence electrons. The van der Waals surface area contributed by atoms with E-state index in [-0.39, 0.29) is 12.3 Å². The van der Waals surface area contributed by atoms with Crippen molar-refractivity contribution in [1.82, 2.24) is 15.1 Å². The molecule has 7 heteroatoms. The molecule has 0 bridgehead atoms. The van der Waals surface area contributed by atoms with Crippen LogP contribution >= 0.6 is 11.6 Å². The van der Waals surface area contributed by atoms with E-state index >= 15 is 0 Å². The molecule has 0 aliphatic heterocycles. The molecule has 24 heavy (non-hydrogen) atoms. The fourth-order valence-electron chi connectivity index (χ4n) is 3.02.